The standard InChI is InChI=1S/C14H23N/c1-5-6-9-15-12-13(2,3)11-7-8-14(12,4)10-11/h11-12,15H,7-10H2,1-4H3/t11-,12?,14+/m0/s1. The lowest BCUT2D eigenvalue weighted by Crippen LogP contribution is -2.50. The second-order valence-electron chi connectivity index (χ2n) is 6.16. The van der Waals surface area contributed by atoms with Crippen molar-refractivity contribution in [1.82, 2.24) is 5.32 Å². The van der Waals surface area contributed by atoms with Gasteiger partial charge in [0.25, 0.3) is 0 Å². The Kier molecular flexibility index (Phi) is 2.59. The number of hydrogen-bond donors (Lipinski definition) is 1. The fourth-order valence-electron chi connectivity index (χ4n) is 4.05. The molecule has 1 unspecified atom stereocenters. The van der Waals surface area contributed by atoms with Crippen LogP contribution in [0.4, 0.5) is 0 Å². The first-order valence-corrected chi connectivity index (χ1v) is 6.14. The third kappa shape index (κ3) is 1.60. The number of fused-ring (bicyclic) bond motifs is 2. The molecule has 15 heavy (non-hydrogen) atoms. The van der Waals surface area contributed by atoms with Gasteiger partial charge in [-0.1, -0.05) is 26.7 Å². The normalized spacial score (nSPS) is 41.3. The molecule has 0 aliphatic heterocycles. The van der Waals surface area contributed by atoms with Crippen molar-refractivity contribution in [1.29, 1.82) is 0 Å². The van der Waals surface area contributed by atoms with Crippen LogP contribution in [-0.2, 0) is 0 Å². The lowest BCUT2D eigenvalue weighted by molar-refractivity contribution is 0.113. The van der Waals surface area contributed by atoms with E-state index in [9.17, 15) is 0 Å². The van der Waals surface area contributed by atoms with E-state index in [-0.39, 0.29) is 0 Å². The lowest BCUT2D eigenvalue weighted by Gasteiger charge is -2.43. The van der Waals surface area contributed by atoms with Gasteiger partial charge in [0, 0.05) is 6.04 Å². The summed E-state index contributed by atoms with van der Waals surface area (Å²) < 4.78 is 0. The van der Waals surface area contributed by atoms with Crippen LogP contribution in [0.3, 0.4) is 0 Å². The van der Waals surface area contributed by atoms with Crippen molar-refractivity contribution in [2.45, 2.75) is 53.0 Å². The Bertz CT molecular complexity index is 302. The van der Waals surface area contributed by atoms with Gasteiger partial charge < -0.3 is 5.32 Å². The highest BCUT2D eigenvalue weighted by molar-refractivity contribution is 5.13. The average Bonchev–Trinajstić information content (AvgIpc) is 2.62. The molecule has 2 bridgehead atoms. The fraction of sp³-hybridized carbons (Fsp3) is 0.857. The van der Waals surface area contributed by atoms with Gasteiger partial charge >= 0.3 is 0 Å². The van der Waals surface area contributed by atoms with Crippen LogP contribution in [0.2, 0.25) is 0 Å². The molecule has 0 amide bonds. The summed E-state index contributed by atoms with van der Waals surface area (Å²) in [4.78, 5) is 0. The van der Waals surface area contributed by atoms with Gasteiger partial charge in [0.2, 0.25) is 0 Å². The molecule has 2 fully saturated rings. The summed E-state index contributed by atoms with van der Waals surface area (Å²) in [5, 5.41) is 3.67. The van der Waals surface area contributed by atoms with Gasteiger partial charge in [-0.2, -0.15) is 0 Å². The van der Waals surface area contributed by atoms with Crippen LogP contribution in [-0.4, -0.2) is 12.6 Å². The second-order valence-corrected chi connectivity index (χ2v) is 6.16. The summed E-state index contributed by atoms with van der Waals surface area (Å²) in [6.07, 6.45) is 4.25. The predicted octanol–water partition coefficient (Wildman–Crippen LogP) is 2.81. The van der Waals surface area contributed by atoms with Crippen LogP contribution in [0.15, 0.2) is 0 Å². The molecule has 0 aromatic carbocycles. The van der Waals surface area contributed by atoms with Crippen LogP contribution in [0.5, 0.6) is 0 Å². The Morgan fingerprint density at radius 1 is 1.33 bits per heavy atom. The molecule has 1 N–H and O–H groups in total. The van der Waals surface area contributed by atoms with Crippen molar-refractivity contribution >= 4 is 0 Å². The molecular formula is C14H23N. The van der Waals surface area contributed by atoms with E-state index < -0.39 is 0 Å². The van der Waals surface area contributed by atoms with E-state index in [1.165, 1.54) is 19.3 Å². The minimum atomic E-state index is 0.461. The highest BCUT2D eigenvalue weighted by Crippen LogP contribution is 2.62. The quantitative estimate of drug-likeness (QED) is 0.684. The van der Waals surface area contributed by atoms with E-state index in [2.05, 4.69) is 37.9 Å². The van der Waals surface area contributed by atoms with Crippen molar-refractivity contribution in [2.75, 3.05) is 6.54 Å². The number of nitrogens with one attached hydrogen (secondary N) is 1. The van der Waals surface area contributed by atoms with Gasteiger partial charge in [0.05, 0.1) is 6.54 Å². The maximum Gasteiger partial charge on any atom is 0.0578 e. The zero-order valence-corrected chi connectivity index (χ0v) is 10.5. The Balaban J connectivity index is 2.11. The summed E-state index contributed by atoms with van der Waals surface area (Å²) in [5.74, 6) is 7.02. The van der Waals surface area contributed by atoms with E-state index >= 15 is 0 Å². The first-order valence-electron chi connectivity index (χ1n) is 6.14. The Hall–Kier alpha value is -0.480. The summed E-state index contributed by atoms with van der Waals surface area (Å²) >= 11 is 0. The third-order valence-electron chi connectivity index (χ3n) is 4.84. The summed E-state index contributed by atoms with van der Waals surface area (Å²) in [5.41, 5.74) is 0.992. The van der Waals surface area contributed by atoms with E-state index in [0.717, 1.165) is 12.5 Å². The van der Waals surface area contributed by atoms with Crippen molar-refractivity contribution in [3.05, 3.63) is 0 Å². The minimum absolute atomic E-state index is 0.461. The molecule has 1 nitrogen and oxygen atoms in total. The minimum Gasteiger partial charge on any atom is -0.302 e. The lowest BCUT2D eigenvalue weighted by atomic mass is 9.68. The summed E-state index contributed by atoms with van der Waals surface area (Å²) in [6.45, 7) is 10.1. The summed E-state index contributed by atoms with van der Waals surface area (Å²) in [7, 11) is 0. The highest BCUT2D eigenvalue weighted by Gasteiger charge is 2.58. The van der Waals surface area contributed by atoms with Gasteiger partial charge in [0.1, 0.15) is 0 Å². The van der Waals surface area contributed by atoms with E-state index in [0.29, 0.717) is 16.9 Å². The molecule has 2 rings (SSSR count). The SMILES string of the molecule is CC#CCNC1C(C)(C)[C@H]2CC[C@]1(C)C2. The average molecular weight is 205 g/mol. The third-order valence-corrected chi connectivity index (χ3v) is 4.84. The topological polar surface area (TPSA) is 12.0 Å². The maximum atomic E-state index is 3.67. The number of rotatable bonds is 2. The molecule has 2 saturated carbocycles. The predicted molar refractivity (Wildman–Crippen MR) is 64.5 cm³/mol. The molecule has 0 spiro atoms. The second kappa shape index (κ2) is 3.52. The van der Waals surface area contributed by atoms with Crippen molar-refractivity contribution < 1.29 is 0 Å². The largest absolute Gasteiger partial charge is 0.302 e. The molecule has 0 aromatic heterocycles. The molecule has 0 aromatic rings. The first-order chi connectivity index (χ1) is 7.00. The van der Waals surface area contributed by atoms with Crippen molar-refractivity contribution in [3.8, 4) is 11.8 Å². The van der Waals surface area contributed by atoms with Gasteiger partial charge in [0.15, 0.2) is 0 Å². The van der Waals surface area contributed by atoms with Crippen LogP contribution < -0.4 is 5.32 Å². The Morgan fingerprint density at radius 2 is 2.07 bits per heavy atom. The molecule has 2 aliphatic rings. The van der Waals surface area contributed by atoms with E-state index in [1.807, 2.05) is 6.92 Å². The monoisotopic (exact) mass is 205 g/mol. The molecule has 84 valence electrons. The van der Waals surface area contributed by atoms with Gasteiger partial charge in [-0.3, -0.25) is 0 Å². The number of hydrogen-bond acceptors (Lipinski definition) is 1. The molecular weight excluding hydrogens is 182 g/mol. The molecule has 0 saturated heterocycles. The maximum absolute atomic E-state index is 3.67. The van der Waals surface area contributed by atoms with Crippen molar-refractivity contribution in [3.63, 3.8) is 0 Å². The summed E-state index contributed by atoms with van der Waals surface area (Å²) in [6, 6.07) is 0.657. The fourth-order valence-corrected chi connectivity index (χ4v) is 4.05. The van der Waals surface area contributed by atoms with E-state index in [4.69, 9.17) is 0 Å². The molecule has 3 atom stereocenters. The highest BCUT2D eigenvalue weighted by atomic mass is 15.0. The van der Waals surface area contributed by atoms with Gasteiger partial charge in [-0.15, -0.1) is 5.92 Å². The zero-order valence-electron chi connectivity index (χ0n) is 10.5. The molecule has 2 aliphatic carbocycles. The Morgan fingerprint density at radius 3 is 2.60 bits per heavy atom. The van der Waals surface area contributed by atoms with E-state index in [1.54, 1.807) is 0 Å². The first kappa shape index (κ1) is 11.0. The van der Waals surface area contributed by atoms with Gasteiger partial charge in [-0.25, -0.2) is 0 Å². The zero-order chi connectivity index (χ0) is 11.1. The van der Waals surface area contributed by atoms with Gasteiger partial charge in [-0.05, 0) is 42.9 Å². The van der Waals surface area contributed by atoms with Crippen LogP contribution in [0.1, 0.15) is 47.0 Å². The molecule has 0 radical (unpaired) electrons. The van der Waals surface area contributed by atoms with Crippen LogP contribution >= 0.6 is 0 Å². The van der Waals surface area contributed by atoms with Crippen molar-refractivity contribution in [2.24, 2.45) is 16.7 Å². The Labute approximate surface area is 94.0 Å². The van der Waals surface area contributed by atoms with Crippen LogP contribution in [0, 0.1) is 28.6 Å². The molecule has 1 heteroatoms. The van der Waals surface area contributed by atoms with Crippen LogP contribution in [0.25, 0.3) is 0 Å². The molecule has 0 heterocycles. The smallest absolute Gasteiger partial charge is 0.0578 e.